The van der Waals surface area contributed by atoms with Crippen LogP contribution in [0.25, 0.3) is 0 Å². The number of hydrogen-bond donors (Lipinski definition) is 2. The molecule has 0 aliphatic carbocycles. The third-order valence-corrected chi connectivity index (χ3v) is 3.80. The molecule has 0 saturated heterocycles. The van der Waals surface area contributed by atoms with Crippen LogP contribution in [0.1, 0.15) is 27.2 Å². The molecule has 0 aromatic rings. The van der Waals surface area contributed by atoms with Gasteiger partial charge in [0.15, 0.2) is 0 Å². The summed E-state index contributed by atoms with van der Waals surface area (Å²) in [4.78, 5) is 11.2. The van der Waals surface area contributed by atoms with E-state index in [0.717, 1.165) is 6.26 Å². The Balaban J connectivity index is 4.24. The van der Waals surface area contributed by atoms with Crippen molar-refractivity contribution in [2.75, 3.05) is 12.8 Å². The molecule has 2 N–H and O–H groups in total. The van der Waals surface area contributed by atoms with Crippen LogP contribution in [0.4, 0.5) is 0 Å². The highest BCUT2D eigenvalue weighted by Gasteiger charge is 2.23. The van der Waals surface area contributed by atoms with Gasteiger partial charge in [-0.05, 0) is 20.3 Å². The van der Waals surface area contributed by atoms with Crippen LogP contribution in [0, 0.1) is 0 Å². The molecule has 0 saturated carbocycles. The van der Waals surface area contributed by atoms with Gasteiger partial charge in [-0.2, -0.15) is 0 Å². The molecule has 0 fully saturated rings. The van der Waals surface area contributed by atoms with Crippen molar-refractivity contribution in [1.82, 2.24) is 10.0 Å². The molecule has 1 atom stereocenters. The van der Waals surface area contributed by atoms with Gasteiger partial charge < -0.3 is 5.32 Å². The average molecular weight is 315 g/mol. The van der Waals surface area contributed by atoms with Crippen LogP contribution in [-0.2, 0) is 14.8 Å². The lowest BCUT2D eigenvalue weighted by atomic mass is 10.1. The van der Waals surface area contributed by atoms with Crippen molar-refractivity contribution < 1.29 is 13.2 Å². The molecule has 0 heterocycles. The number of carbonyl (C=O) groups excluding carboxylic acids is 1. The van der Waals surface area contributed by atoms with E-state index in [0.29, 0.717) is 6.42 Å². The van der Waals surface area contributed by atoms with Gasteiger partial charge in [0.25, 0.3) is 0 Å². The van der Waals surface area contributed by atoms with Crippen molar-refractivity contribution in [3.8, 4) is 0 Å². The molecular weight excluding hydrogens is 296 g/mol. The fraction of sp³-hybridized carbons (Fsp3) is 0.889. The van der Waals surface area contributed by atoms with Crippen molar-refractivity contribution >= 4 is 31.9 Å². The number of carbonyl (C=O) groups is 1. The number of sulfonamides is 1. The first-order valence-corrected chi connectivity index (χ1v) is 7.79. The van der Waals surface area contributed by atoms with Gasteiger partial charge in [0.1, 0.15) is 0 Å². The molecule has 96 valence electrons. The van der Waals surface area contributed by atoms with Crippen molar-refractivity contribution in [3.05, 3.63) is 0 Å². The molecule has 1 unspecified atom stereocenters. The molecule has 0 aromatic carbocycles. The SMILES string of the molecule is CCC(Br)C(=O)NCC(C)(C)NS(C)(=O)=O. The van der Waals surface area contributed by atoms with Gasteiger partial charge in [0.2, 0.25) is 15.9 Å². The number of rotatable bonds is 6. The van der Waals surface area contributed by atoms with Gasteiger partial charge >= 0.3 is 0 Å². The van der Waals surface area contributed by atoms with E-state index in [4.69, 9.17) is 0 Å². The predicted molar refractivity (Wildman–Crippen MR) is 68.1 cm³/mol. The molecule has 0 aliphatic heterocycles. The zero-order valence-corrected chi connectivity index (χ0v) is 12.4. The monoisotopic (exact) mass is 314 g/mol. The second-order valence-electron chi connectivity index (χ2n) is 4.35. The van der Waals surface area contributed by atoms with Crippen molar-refractivity contribution in [1.29, 1.82) is 0 Å². The fourth-order valence-electron chi connectivity index (χ4n) is 1.14. The fourth-order valence-corrected chi connectivity index (χ4v) is 2.38. The Labute approximate surface area is 106 Å². The Morgan fingerprint density at radius 1 is 1.44 bits per heavy atom. The van der Waals surface area contributed by atoms with Gasteiger partial charge in [-0.1, -0.05) is 22.9 Å². The number of amides is 1. The summed E-state index contributed by atoms with van der Waals surface area (Å²) in [6.07, 6.45) is 1.78. The lowest BCUT2D eigenvalue weighted by Crippen LogP contribution is -2.51. The molecule has 0 bridgehead atoms. The van der Waals surface area contributed by atoms with E-state index >= 15 is 0 Å². The van der Waals surface area contributed by atoms with E-state index in [1.165, 1.54) is 0 Å². The van der Waals surface area contributed by atoms with Gasteiger partial charge in [-0.3, -0.25) is 4.79 Å². The Kier molecular flexibility index (Phi) is 5.92. The molecule has 7 heteroatoms. The maximum Gasteiger partial charge on any atom is 0.233 e. The van der Waals surface area contributed by atoms with Crippen molar-refractivity contribution in [2.45, 2.75) is 37.6 Å². The quantitative estimate of drug-likeness (QED) is 0.705. The highest BCUT2D eigenvalue weighted by Crippen LogP contribution is 2.06. The lowest BCUT2D eigenvalue weighted by Gasteiger charge is -2.25. The van der Waals surface area contributed by atoms with Crippen LogP contribution in [0.15, 0.2) is 0 Å². The Bertz CT molecular complexity index is 341. The third-order valence-electron chi connectivity index (χ3n) is 1.81. The summed E-state index contributed by atoms with van der Waals surface area (Å²) in [5.41, 5.74) is -0.691. The van der Waals surface area contributed by atoms with E-state index in [1.54, 1.807) is 13.8 Å². The molecule has 0 radical (unpaired) electrons. The summed E-state index contributed by atoms with van der Waals surface area (Å²) in [5.74, 6) is -0.133. The lowest BCUT2D eigenvalue weighted by molar-refractivity contribution is -0.120. The number of alkyl halides is 1. The number of hydrogen-bond acceptors (Lipinski definition) is 3. The van der Waals surface area contributed by atoms with Crippen LogP contribution in [-0.4, -0.2) is 37.5 Å². The first-order valence-electron chi connectivity index (χ1n) is 4.98. The second kappa shape index (κ2) is 5.97. The van der Waals surface area contributed by atoms with Crippen LogP contribution < -0.4 is 10.0 Å². The second-order valence-corrected chi connectivity index (χ2v) is 7.21. The normalized spacial score (nSPS) is 14.6. The standard InChI is InChI=1S/C9H19BrN2O3S/c1-5-7(10)8(13)11-6-9(2,3)12-16(4,14)15/h7,12H,5-6H2,1-4H3,(H,11,13). The zero-order valence-electron chi connectivity index (χ0n) is 10.0. The zero-order chi connectivity index (χ0) is 13.0. The molecule has 1 amide bonds. The first-order chi connectivity index (χ1) is 7.07. The predicted octanol–water partition coefficient (Wildman–Crippen LogP) is 0.604. The summed E-state index contributed by atoms with van der Waals surface area (Å²) < 4.78 is 24.5. The summed E-state index contributed by atoms with van der Waals surface area (Å²) in [6.45, 7) is 5.56. The maximum atomic E-state index is 11.5. The Hall–Kier alpha value is -0.140. The summed E-state index contributed by atoms with van der Waals surface area (Å²) in [5, 5.41) is 2.68. The molecule has 0 aromatic heterocycles. The summed E-state index contributed by atoms with van der Waals surface area (Å²) in [6, 6.07) is 0. The van der Waals surface area contributed by atoms with E-state index < -0.39 is 15.6 Å². The van der Waals surface area contributed by atoms with E-state index in [9.17, 15) is 13.2 Å². The van der Waals surface area contributed by atoms with Crippen LogP contribution in [0.2, 0.25) is 0 Å². The highest BCUT2D eigenvalue weighted by atomic mass is 79.9. The minimum Gasteiger partial charge on any atom is -0.353 e. The van der Waals surface area contributed by atoms with E-state index in [1.807, 2.05) is 6.92 Å². The summed E-state index contributed by atoms with van der Waals surface area (Å²) >= 11 is 3.22. The van der Waals surface area contributed by atoms with Gasteiger partial charge in [-0.25, -0.2) is 13.1 Å². The maximum absolute atomic E-state index is 11.5. The Morgan fingerprint density at radius 3 is 2.31 bits per heavy atom. The number of nitrogens with one attached hydrogen (secondary N) is 2. The molecule has 0 aliphatic rings. The minimum atomic E-state index is -3.27. The Morgan fingerprint density at radius 2 is 1.94 bits per heavy atom. The van der Waals surface area contributed by atoms with Gasteiger partial charge in [-0.15, -0.1) is 0 Å². The average Bonchev–Trinajstić information content (AvgIpc) is 2.09. The molecule has 5 nitrogen and oxygen atoms in total. The molecule has 0 spiro atoms. The highest BCUT2D eigenvalue weighted by molar-refractivity contribution is 9.10. The number of halogens is 1. The van der Waals surface area contributed by atoms with Crippen LogP contribution in [0.3, 0.4) is 0 Å². The summed E-state index contributed by atoms with van der Waals surface area (Å²) in [7, 11) is -3.27. The minimum absolute atomic E-state index is 0.133. The molecule has 16 heavy (non-hydrogen) atoms. The van der Waals surface area contributed by atoms with E-state index in [-0.39, 0.29) is 17.3 Å². The van der Waals surface area contributed by atoms with Gasteiger partial charge in [0.05, 0.1) is 11.1 Å². The molecular formula is C9H19BrN2O3S. The van der Waals surface area contributed by atoms with Gasteiger partial charge in [0, 0.05) is 12.1 Å². The smallest absolute Gasteiger partial charge is 0.233 e. The van der Waals surface area contributed by atoms with Crippen LogP contribution in [0.5, 0.6) is 0 Å². The third kappa shape index (κ3) is 7.19. The largest absolute Gasteiger partial charge is 0.353 e. The topological polar surface area (TPSA) is 75.3 Å². The van der Waals surface area contributed by atoms with Crippen LogP contribution >= 0.6 is 15.9 Å². The van der Waals surface area contributed by atoms with E-state index in [2.05, 4.69) is 26.0 Å². The van der Waals surface area contributed by atoms with Crippen molar-refractivity contribution in [3.63, 3.8) is 0 Å². The molecule has 0 rings (SSSR count). The first kappa shape index (κ1) is 15.9. The van der Waals surface area contributed by atoms with Crippen molar-refractivity contribution in [2.24, 2.45) is 0 Å².